The quantitative estimate of drug-likeness (QED) is 0.545. The zero-order chi connectivity index (χ0) is 26.0. The van der Waals surface area contributed by atoms with Crippen LogP contribution in [0.4, 0.5) is 5.69 Å². The Morgan fingerprint density at radius 1 is 1.06 bits per heavy atom. The van der Waals surface area contributed by atoms with E-state index in [1.165, 1.54) is 0 Å². The minimum atomic E-state index is -0.552. The van der Waals surface area contributed by atoms with E-state index in [-0.39, 0.29) is 17.1 Å². The van der Waals surface area contributed by atoms with E-state index in [1.807, 2.05) is 44.2 Å². The molecule has 1 aliphatic carbocycles. The lowest BCUT2D eigenvalue weighted by molar-refractivity contribution is -0.118. The zero-order valence-corrected chi connectivity index (χ0v) is 21.8. The SMILES string of the molecule is CCOc1ccc([C@H]2C(C(=O)Nc3ccccc3OC)=C(C)NC3=C2C(=O)CC(C)(C)C3)cc1OC. The number of nitrogens with one attached hydrogen (secondary N) is 2. The summed E-state index contributed by atoms with van der Waals surface area (Å²) in [7, 11) is 3.14. The molecule has 4 rings (SSSR count). The lowest BCUT2D eigenvalue weighted by Crippen LogP contribution is -2.39. The Morgan fingerprint density at radius 2 is 1.78 bits per heavy atom. The van der Waals surface area contributed by atoms with Crippen molar-refractivity contribution in [2.45, 2.75) is 46.5 Å². The topological polar surface area (TPSA) is 85.9 Å². The fraction of sp³-hybridized carbons (Fsp3) is 0.379. The normalized spacial score (nSPS) is 18.8. The number of carbonyl (C=O) groups excluding carboxylic acids is 2. The van der Waals surface area contributed by atoms with Crippen molar-refractivity contribution in [1.82, 2.24) is 5.32 Å². The van der Waals surface area contributed by atoms with E-state index in [4.69, 9.17) is 14.2 Å². The van der Waals surface area contributed by atoms with Crippen molar-refractivity contribution in [3.8, 4) is 17.2 Å². The molecule has 0 unspecified atom stereocenters. The molecule has 2 aromatic carbocycles. The van der Waals surface area contributed by atoms with Crippen LogP contribution in [0.3, 0.4) is 0 Å². The number of ketones is 1. The Hall–Kier alpha value is -3.74. The van der Waals surface area contributed by atoms with Crippen molar-refractivity contribution >= 4 is 17.4 Å². The maximum absolute atomic E-state index is 13.8. The summed E-state index contributed by atoms with van der Waals surface area (Å²) in [5, 5.41) is 6.40. The first kappa shape index (κ1) is 25.4. The van der Waals surface area contributed by atoms with E-state index in [2.05, 4.69) is 24.5 Å². The van der Waals surface area contributed by atoms with Gasteiger partial charge >= 0.3 is 0 Å². The number of dihydropyridines is 1. The first-order chi connectivity index (χ1) is 17.2. The molecule has 0 radical (unpaired) electrons. The predicted molar refractivity (Wildman–Crippen MR) is 139 cm³/mol. The van der Waals surface area contributed by atoms with Crippen molar-refractivity contribution in [3.63, 3.8) is 0 Å². The van der Waals surface area contributed by atoms with E-state index in [0.717, 1.165) is 17.7 Å². The Balaban J connectivity index is 1.84. The molecule has 2 N–H and O–H groups in total. The zero-order valence-electron chi connectivity index (χ0n) is 21.8. The van der Waals surface area contributed by atoms with Gasteiger partial charge in [0.15, 0.2) is 17.3 Å². The Morgan fingerprint density at radius 3 is 2.47 bits per heavy atom. The van der Waals surface area contributed by atoms with Crippen LogP contribution in [0.5, 0.6) is 17.2 Å². The Kier molecular flexibility index (Phi) is 7.11. The third kappa shape index (κ3) is 4.83. The number of rotatable bonds is 7. The van der Waals surface area contributed by atoms with Crippen LogP contribution in [-0.4, -0.2) is 32.5 Å². The molecule has 1 atom stereocenters. The summed E-state index contributed by atoms with van der Waals surface area (Å²) in [6.07, 6.45) is 1.14. The van der Waals surface area contributed by atoms with Crippen LogP contribution in [0.1, 0.15) is 52.0 Å². The summed E-state index contributed by atoms with van der Waals surface area (Å²) in [5.74, 6) is 0.921. The lowest BCUT2D eigenvalue weighted by atomic mass is 9.68. The fourth-order valence-corrected chi connectivity index (χ4v) is 5.15. The van der Waals surface area contributed by atoms with Gasteiger partial charge in [0.1, 0.15) is 5.75 Å². The van der Waals surface area contributed by atoms with Gasteiger partial charge < -0.3 is 24.8 Å². The molecule has 36 heavy (non-hydrogen) atoms. The monoisotopic (exact) mass is 490 g/mol. The van der Waals surface area contributed by atoms with Gasteiger partial charge in [0.25, 0.3) is 5.91 Å². The third-order valence-electron chi connectivity index (χ3n) is 6.66. The van der Waals surface area contributed by atoms with Crippen molar-refractivity contribution in [2.75, 3.05) is 26.1 Å². The fourth-order valence-electron chi connectivity index (χ4n) is 5.15. The lowest BCUT2D eigenvalue weighted by Gasteiger charge is -2.39. The molecule has 0 saturated heterocycles. The number of allylic oxidation sites excluding steroid dienone is 3. The molecule has 7 nitrogen and oxygen atoms in total. The van der Waals surface area contributed by atoms with E-state index in [1.54, 1.807) is 26.4 Å². The molecule has 1 aliphatic heterocycles. The van der Waals surface area contributed by atoms with Crippen LogP contribution in [0, 0.1) is 5.41 Å². The number of para-hydroxylation sites is 2. The second-order valence-corrected chi connectivity index (χ2v) is 9.93. The number of Topliss-reactive ketones (excluding diaryl/α,β-unsaturated/α-hetero) is 1. The van der Waals surface area contributed by atoms with Crippen LogP contribution in [-0.2, 0) is 9.59 Å². The van der Waals surface area contributed by atoms with Gasteiger partial charge in [0, 0.05) is 34.9 Å². The van der Waals surface area contributed by atoms with Gasteiger partial charge in [-0.25, -0.2) is 0 Å². The number of anilines is 1. The molecule has 0 spiro atoms. The summed E-state index contributed by atoms with van der Waals surface area (Å²) < 4.78 is 16.7. The number of methoxy groups -OCH3 is 2. The molecule has 2 aliphatic rings. The first-order valence-electron chi connectivity index (χ1n) is 12.2. The number of hydrogen-bond acceptors (Lipinski definition) is 6. The molecule has 0 aromatic heterocycles. The first-order valence-corrected chi connectivity index (χ1v) is 12.2. The highest BCUT2D eigenvalue weighted by atomic mass is 16.5. The number of benzene rings is 2. The standard InChI is InChI=1S/C29H34N2O5/c1-7-36-23-13-12-18(14-24(23)35-6)26-25(28(33)31-19-10-8-9-11-22(19)34-5)17(2)30-20-15-29(3,4)16-21(32)27(20)26/h8-14,26,30H,7,15-16H2,1-6H3,(H,31,33)/t26-/m0/s1. The molecule has 0 fully saturated rings. The highest BCUT2D eigenvalue weighted by Crippen LogP contribution is 2.48. The highest BCUT2D eigenvalue weighted by Gasteiger charge is 2.43. The average Bonchev–Trinajstić information content (AvgIpc) is 2.83. The Labute approximate surface area is 212 Å². The molecule has 2 aromatic rings. The van der Waals surface area contributed by atoms with E-state index in [9.17, 15) is 9.59 Å². The maximum atomic E-state index is 13.8. The highest BCUT2D eigenvalue weighted by molar-refractivity contribution is 6.10. The van der Waals surface area contributed by atoms with Gasteiger partial charge in [-0.2, -0.15) is 0 Å². The van der Waals surface area contributed by atoms with Crippen LogP contribution in [0.2, 0.25) is 0 Å². The summed E-state index contributed by atoms with van der Waals surface area (Å²) in [5.41, 5.74) is 3.90. The van der Waals surface area contributed by atoms with Crippen molar-refractivity contribution in [1.29, 1.82) is 0 Å². The van der Waals surface area contributed by atoms with E-state index < -0.39 is 5.92 Å². The summed E-state index contributed by atoms with van der Waals surface area (Å²) >= 11 is 0. The number of amides is 1. The van der Waals surface area contributed by atoms with Crippen molar-refractivity contribution in [3.05, 3.63) is 70.6 Å². The molecular formula is C29H34N2O5. The van der Waals surface area contributed by atoms with Crippen LogP contribution >= 0.6 is 0 Å². The minimum absolute atomic E-state index is 0.0432. The van der Waals surface area contributed by atoms with E-state index >= 15 is 0 Å². The van der Waals surface area contributed by atoms with Crippen LogP contribution < -0.4 is 24.8 Å². The minimum Gasteiger partial charge on any atom is -0.495 e. The molecule has 1 heterocycles. The van der Waals surface area contributed by atoms with Crippen LogP contribution in [0.25, 0.3) is 0 Å². The summed E-state index contributed by atoms with van der Waals surface area (Å²) in [6.45, 7) is 8.47. The predicted octanol–water partition coefficient (Wildman–Crippen LogP) is 5.35. The number of carbonyl (C=O) groups is 2. The number of ether oxygens (including phenoxy) is 3. The molecule has 190 valence electrons. The molecule has 1 amide bonds. The average molecular weight is 491 g/mol. The van der Waals surface area contributed by atoms with Gasteiger partial charge in [-0.3, -0.25) is 9.59 Å². The van der Waals surface area contributed by atoms with Gasteiger partial charge in [0.05, 0.1) is 26.5 Å². The van der Waals surface area contributed by atoms with Crippen LogP contribution in [0.15, 0.2) is 65.0 Å². The summed E-state index contributed by atoms with van der Waals surface area (Å²) in [6, 6.07) is 12.9. The van der Waals surface area contributed by atoms with Gasteiger partial charge in [0.2, 0.25) is 0 Å². The van der Waals surface area contributed by atoms with Crippen molar-refractivity contribution in [2.24, 2.45) is 5.41 Å². The molecular weight excluding hydrogens is 456 g/mol. The Bertz CT molecular complexity index is 1260. The maximum Gasteiger partial charge on any atom is 0.254 e. The largest absolute Gasteiger partial charge is 0.495 e. The second-order valence-electron chi connectivity index (χ2n) is 9.93. The van der Waals surface area contributed by atoms with Gasteiger partial charge in [-0.15, -0.1) is 0 Å². The smallest absolute Gasteiger partial charge is 0.254 e. The summed E-state index contributed by atoms with van der Waals surface area (Å²) in [4.78, 5) is 27.4. The second kappa shape index (κ2) is 10.1. The third-order valence-corrected chi connectivity index (χ3v) is 6.66. The molecule has 0 bridgehead atoms. The van der Waals surface area contributed by atoms with Crippen molar-refractivity contribution < 1.29 is 23.8 Å². The molecule has 0 saturated carbocycles. The van der Waals surface area contributed by atoms with Gasteiger partial charge in [-0.1, -0.05) is 32.0 Å². The van der Waals surface area contributed by atoms with Gasteiger partial charge in [-0.05, 0) is 55.5 Å². The van der Waals surface area contributed by atoms with E-state index in [0.29, 0.717) is 52.8 Å². The number of hydrogen-bond donors (Lipinski definition) is 2. The molecule has 7 heteroatoms.